The molecule has 0 saturated heterocycles. The maximum absolute atomic E-state index is 12.4. The Balaban J connectivity index is 1.89. The van der Waals surface area contributed by atoms with Crippen LogP contribution in [0.15, 0.2) is 48.5 Å². The molecular formula is C22H26N2O5. The quantitative estimate of drug-likeness (QED) is 0.602. The van der Waals surface area contributed by atoms with Crippen molar-refractivity contribution in [3.63, 3.8) is 0 Å². The van der Waals surface area contributed by atoms with Crippen LogP contribution < -0.4 is 15.4 Å². The summed E-state index contributed by atoms with van der Waals surface area (Å²) >= 11 is 0. The number of hydrogen-bond acceptors (Lipinski definition) is 4. The fraction of sp³-hybridized carbons (Fsp3) is 0.318. The van der Waals surface area contributed by atoms with Crippen molar-refractivity contribution in [1.82, 2.24) is 5.32 Å². The number of anilines is 1. The van der Waals surface area contributed by atoms with E-state index < -0.39 is 18.6 Å². The summed E-state index contributed by atoms with van der Waals surface area (Å²) in [4.78, 5) is 34.5. The largest absolute Gasteiger partial charge is 0.481 e. The molecule has 29 heavy (non-hydrogen) atoms. The summed E-state index contributed by atoms with van der Waals surface area (Å²) in [5, 5.41) is 13.6. The van der Waals surface area contributed by atoms with E-state index in [9.17, 15) is 14.4 Å². The van der Waals surface area contributed by atoms with Gasteiger partial charge in [0.15, 0.2) is 6.10 Å². The molecule has 0 saturated carbocycles. The fourth-order valence-corrected chi connectivity index (χ4v) is 2.58. The van der Waals surface area contributed by atoms with Gasteiger partial charge in [0, 0.05) is 5.69 Å². The number of amides is 2. The standard InChI is InChI=1S/C22H26N2O5/c1-14(2)17-5-4-6-19(12-17)29-15(3)22(28)24-18-9-7-16(8-10-18)11-20(25)23-13-21(26)27/h4-10,12,14-15H,11,13H2,1-3H3,(H,23,25)(H,24,28)(H,26,27). The molecule has 2 aromatic rings. The Hall–Kier alpha value is -3.35. The maximum Gasteiger partial charge on any atom is 0.322 e. The van der Waals surface area contributed by atoms with Crippen molar-refractivity contribution >= 4 is 23.5 Å². The van der Waals surface area contributed by atoms with Gasteiger partial charge in [0.25, 0.3) is 5.91 Å². The highest BCUT2D eigenvalue weighted by Crippen LogP contribution is 2.21. The predicted molar refractivity (Wildman–Crippen MR) is 110 cm³/mol. The van der Waals surface area contributed by atoms with Crippen LogP contribution in [0.25, 0.3) is 0 Å². The van der Waals surface area contributed by atoms with Crippen LogP contribution in [0.2, 0.25) is 0 Å². The van der Waals surface area contributed by atoms with E-state index >= 15 is 0 Å². The number of hydrogen-bond donors (Lipinski definition) is 3. The van der Waals surface area contributed by atoms with E-state index in [1.807, 2.05) is 24.3 Å². The lowest BCUT2D eigenvalue weighted by Crippen LogP contribution is -2.30. The number of carbonyl (C=O) groups is 3. The van der Waals surface area contributed by atoms with Crippen molar-refractivity contribution in [3.8, 4) is 5.75 Å². The number of carbonyl (C=O) groups excluding carboxylic acids is 2. The van der Waals surface area contributed by atoms with Crippen molar-refractivity contribution in [2.24, 2.45) is 0 Å². The van der Waals surface area contributed by atoms with Crippen LogP contribution in [0, 0.1) is 0 Å². The predicted octanol–water partition coefficient (Wildman–Crippen LogP) is 2.96. The summed E-state index contributed by atoms with van der Waals surface area (Å²) in [6.07, 6.45) is -0.619. The second kappa shape index (κ2) is 10.3. The Morgan fingerprint density at radius 2 is 1.72 bits per heavy atom. The van der Waals surface area contributed by atoms with Gasteiger partial charge in [0.1, 0.15) is 12.3 Å². The Bertz CT molecular complexity index is 862. The molecule has 2 aromatic carbocycles. The van der Waals surface area contributed by atoms with E-state index in [-0.39, 0.29) is 18.2 Å². The lowest BCUT2D eigenvalue weighted by molar-refractivity contribution is -0.137. The van der Waals surface area contributed by atoms with Crippen molar-refractivity contribution < 1.29 is 24.2 Å². The van der Waals surface area contributed by atoms with Gasteiger partial charge in [-0.15, -0.1) is 0 Å². The fourth-order valence-electron chi connectivity index (χ4n) is 2.58. The van der Waals surface area contributed by atoms with Crippen LogP contribution in [-0.2, 0) is 20.8 Å². The lowest BCUT2D eigenvalue weighted by Gasteiger charge is -2.16. The minimum Gasteiger partial charge on any atom is -0.481 e. The van der Waals surface area contributed by atoms with Gasteiger partial charge in [0.05, 0.1) is 6.42 Å². The van der Waals surface area contributed by atoms with E-state index in [4.69, 9.17) is 9.84 Å². The monoisotopic (exact) mass is 398 g/mol. The van der Waals surface area contributed by atoms with Crippen LogP contribution in [0.3, 0.4) is 0 Å². The molecule has 0 aromatic heterocycles. The van der Waals surface area contributed by atoms with Gasteiger partial charge in [-0.2, -0.15) is 0 Å². The average molecular weight is 398 g/mol. The number of carboxylic acid groups (broad SMARTS) is 1. The molecule has 0 radical (unpaired) electrons. The third kappa shape index (κ3) is 7.29. The average Bonchev–Trinajstić information content (AvgIpc) is 2.68. The van der Waals surface area contributed by atoms with Crippen LogP contribution in [0.5, 0.6) is 5.75 Å². The molecule has 3 N–H and O–H groups in total. The minimum atomic E-state index is -1.09. The molecule has 7 heteroatoms. The van der Waals surface area contributed by atoms with Crippen molar-refractivity contribution in [1.29, 1.82) is 0 Å². The Kier molecular flexibility index (Phi) is 7.77. The summed E-state index contributed by atoms with van der Waals surface area (Å²) in [5.41, 5.74) is 2.43. The summed E-state index contributed by atoms with van der Waals surface area (Å²) < 4.78 is 5.75. The molecule has 0 bridgehead atoms. The summed E-state index contributed by atoms with van der Waals surface area (Å²) in [6, 6.07) is 14.4. The first kappa shape index (κ1) is 21.9. The van der Waals surface area contributed by atoms with Crippen molar-refractivity contribution in [2.75, 3.05) is 11.9 Å². The number of benzene rings is 2. The minimum absolute atomic E-state index is 0.0627. The first-order chi connectivity index (χ1) is 13.7. The SMILES string of the molecule is CC(Oc1cccc(C(C)C)c1)C(=O)Nc1ccc(CC(=O)NCC(=O)O)cc1. The second-order valence-corrected chi connectivity index (χ2v) is 7.02. The van der Waals surface area contributed by atoms with Crippen molar-refractivity contribution in [3.05, 3.63) is 59.7 Å². The second-order valence-electron chi connectivity index (χ2n) is 7.02. The molecule has 1 unspecified atom stereocenters. The molecule has 1 atom stereocenters. The molecule has 0 heterocycles. The zero-order chi connectivity index (χ0) is 21.4. The van der Waals surface area contributed by atoms with E-state index in [0.717, 1.165) is 5.56 Å². The van der Waals surface area contributed by atoms with Gasteiger partial charge < -0.3 is 20.5 Å². The van der Waals surface area contributed by atoms with Gasteiger partial charge in [-0.05, 0) is 48.2 Å². The molecule has 0 aliphatic carbocycles. The van der Waals surface area contributed by atoms with Crippen LogP contribution >= 0.6 is 0 Å². The number of aliphatic carboxylic acids is 1. The van der Waals surface area contributed by atoms with Gasteiger partial charge in [-0.1, -0.05) is 38.1 Å². The normalized spacial score (nSPS) is 11.6. The maximum atomic E-state index is 12.4. The molecule has 0 spiro atoms. The number of nitrogens with one attached hydrogen (secondary N) is 2. The summed E-state index contributed by atoms with van der Waals surface area (Å²) in [5.74, 6) is -0.751. The van der Waals surface area contributed by atoms with Crippen LogP contribution in [0.4, 0.5) is 5.69 Å². The molecule has 0 aliphatic heterocycles. The highest BCUT2D eigenvalue weighted by atomic mass is 16.5. The highest BCUT2D eigenvalue weighted by Gasteiger charge is 2.15. The van der Waals surface area contributed by atoms with Gasteiger partial charge in [-0.3, -0.25) is 14.4 Å². The van der Waals surface area contributed by atoms with E-state index in [1.165, 1.54) is 0 Å². The molecule has 0 aliphatic rings. The van der Waals surface area contributed by atoms with Crippen LogP contribution in [0.1, 0.15) is 37.8 Å². The Morgan fingerprint density at radius 1 is 1.03 bits per heavy atom. The van der Waals surface area contributed by atoms with Crippen molar-refractivity contribution in [2.45, 2.75) is 39.2 Å². The zero-order valence-electron chi connectivity index (χ0n) is 16.8. The van der Waals surface area contributed by atoms with Gasteiger partial charge >= 0.3 is 5.97 Å². The Morgan fingerprint density at radius 3 is 2.34 bits per heavy atom. The lowest BCUT2D eigenvalue weighted by atomic mass is 10.0. The van der Waals surface area contributed by atoms with Gasteiger partial charge in [-0.25, -0.2) is 0 Å². The molecule has 2 amide bonds. The molecule has 0 fully saturated rings. The van der Waals surface area contributed by atoms with E-state index in [1.54, 1.807) is 31.2 Å². The highest BCUT2D eigenvalue weighted by molar-refractivity contribution is 5.94. The smallest absolute Gasteiger partial charge is 0.322 e. The molecule has 2 rings (SSSR count). The third-order valence-electron chi connectivity index (χ3n) is 4.23. The van der Waals surface area contributed by atoms with E-state index in [2.05, 4.69) is 24.5 Å². The summed E-state index contributed by atoms with van der Waals surface area (Å²) in [7, 11) is 0. The van der Waals surface area contributed by atoms with Gasteiger partial charge in [0.2, 0.25) is 5.91 Å². The molecule has 154 valence electrons. The topological polar surface area (TPSA) is 105 Å². The first-order valence-corrected chi connectivity index (χ1v) is 9.39. The van der Waals surface area contributed by atoms with Crippen LogP contribution in [-0.4, -0.2) is 35.5 Å². The number of ether oxygens (including phenoxy) is 1. The number of carboxylic acids is 1. The Labute approximate surface area is 170 Å². The molecule has 7 nitrogen and oxygen atoms in total. The third-order valence-corrected chi connectivity index (χ3v) is 4.23. The van der Waals surface area contributed by atoms with E-state index in [0.29, 0.717) is 22.9 Å². The zero-order valence-corrected chi connectivity index (χ0v) is 16.8. The first-order valence-electron chi connectivity index (χ1n) is 9.39. The summed E-state index contributed by atoms with van der Waals surface area (Å²) in [6.45, 7) is 5.45. The molecular weight excluding hydrogens is 372 g/mol. The number of rotatable bonds is 9.